The number of alkyl halides is 1. The first kappa shape index (κ1) is 56.8. The second-order valence-corrected chi connectivity index (χ2v) is 17.8. The number of aryl methyl sites for hydroxylation is 2. The quantitative estimate of drug-likeness (QED) is 0.0630. The van der Waals surface area contributed by atoms with E-state index in [4.69, 9.17) is 18.9 Å². The Hall–Kier alpha value is -6.47. The topological polar surface area (TPSA) is 135 Å². The molecule has 1 N–H and O–H groups in total. The fourth-order valence-electron chi connectivity index (χ4n) is 9.31. The van der Waals surface area contributed by atoms with Crippen LogP contribution in [-0.4, -0.2) is 116 Å². The minimum atomic E-state index is -1.01. The molecule has 0 radical (unpaired) electrons. The molecule has 1 aromatic heterocycles. The van der Waals surface area contributed by atoms with Crippen LogP contribution in [0.25, 0.3) is 0 Å². The van der Waals surface area contributed by atoms with Crippen molar-refractivity contribution in [3.8, 4) is 11.5 Å². The van der Waals surface area contributed by atoms with E-state index in [9.17, 15) is 23.5 Å². The molecule has 0 spiro atoms. The van der Waals surface area contributed by atoms with Gasteiger partial charge in [0.1, 0.15) is 41.4 Å². The Labute approximate surface area is 448 Å². The Morgan fingerprint density at radius 2 is 1.18 bits per heavy atom. The smallest absolute Gasteiger partial charge is 0.338 e. The third kappa shape index (κ3) is 14.6. The van der Waals surface area contributed by atoms with Crippen LogP contribution >= 0.6 is 22.6 Å². The number of rotatable bonds is 14. The number of aromatic hydroxyl groups is 1. The van der Waals surface area contributed by atoms with Crippen molar-refractivity contribution in [2.75, 3.05) is 103 Å². The molecule has 3 aliphatic rings. The summed E-state index contributed by atoms with van der Waals surface area (Å²) in [7, 11) is 0. The summed E-state index contributed by atoms with van der Waals surface area (Å²) in [6.45, 7) is 20.5. The van der Waals surface area contributed by atoms with E-state index in [0.29, 0.717) is 55.3 Å². The van der Waals surface area contributed by atoms with Crippen LogP contribution in [0.4, 0.5) is 31.5 Å². The molecule has 0 aliphatic carbocycles. The number of ether oxygens (including phenoxy) is 4. The number of anilines is 4. The molecule has 0 unspecified atom stereocenters. The fraction of sp³-hybridized carbons (Fsp3) is 0.404. The molecule has 5 aromatic carbocycles. The zero-order valence-corrected chi connectivity index (χ0v) is 45.8. The minimum absolute atomic E-state index is 0.00325. The van der Waals surface area contributed by atoms with Gasteiger partial charge in [-0.05, 0) is 141 Å². The largest absolute Gasteiger partial charge is 0.508 e. The van der Waals surface area contributed by atoms with Crippen molar-refractivity contribution >= 4 is 57.3 Å². The molecule has 3 fully saturated rings. The zero-order valence-electron chi connectivity index (χ0n) is 43.6. The number of carbonyl (C=O) groups is 2. The van der Waals surface area contributed by atoms with Gasteiger partial charge in [-0.3, -0.25) is 0 Å². The van der Waals surface area contributed by atoms with Crippen molar-refractivity contribution in [3.05, 3.63) is 155 Å². The van der Waals surface area contributed by atoms with Crippen molar-refractivity contribution in [2.45, 2.75) is 60.1 Å². The maximum absolute atomic E-state index is 15.0. The van der Waals surface area contributed by atoms with E-state index >= 15 is 0 Å². The molecule has 2 atom stereocenters. The van der Waals surface area contributed by atoms with Crippen LogP contribution in [0.15, 0.2) is 116 Å². The number of hydrogen-bond acceptors (Lipinski definition) is 13. The Morgan fingerprint density at radius 3 is 1.64 bits per heavy atom. The van der Waals surface area contributed by atoms with Crippen LogP contribution in [0.5, 0.6) is 11.5 Å². The number of hydrogen-bond donors (Lipinski definition) is 1. The van der Waals surface area contributed by atoms with Gasteiger partial charge in [-0.25, -0.2) is 28.0 Å². The average Bonchev–Trinajstić information content (AvgIpc) is 4.11. The summed E-state index contributed by atoms with van der Waals surface area (Å²) in [4.78, 5) is 39.0. The number of piperazine rings is 2. The number of esters is 2. The van der Waals surface area contributed by atoms with Crippen molar-refractivity contribution in [2.24, 2.45) is 5.92 Å². The van der Waals surface area contributed by atoms with Gasteiger partial charge in [0.2, 0.25) is 0 Å². The average molecular weight is 1130 g/mol. The number of halogens is 3. The van der Waals surface area contributed by atoms with Crippen molar-refractivity contribution < 1.29 is 42.4 Å². The lowest BCUT2D eigenvalue weighted by Gasteiger charge is -2.37. The monoisotopic (exact) mass is 1130 g/mol. The maximum Gasteiger partial charge on any atom is 0.338 e. The zero-order chi connectivity index (χ0) is 53.2. The molecule has 0 bridgehead atoms. The number of aromatic nitrogens is 3. The summed E-state index contributed by atoms with van der Waals surface area (Å²) in [5.74, 6) is -0.725. The highest BCUT2D eigenvalue weighted by molar-refractivity contribution is 14.1. The first-order chi connectivity index (χ1) is 35.9. The number of phenolic OH excluding ortho intramolecular Hbond substituents is 1. The predicted octanol–water partition coefficient (Wildman–Crippen LogP) is 10.7. The van der Waals surface area contributed by atoms with Crippen LogP contribution < -0.4 is 24.3 Å². The lowest BCUT2D eigenvalue weighted by molar-refractivity contribution is -0.0206. The van der Waals surface area contributed by atoms with E-state index in [1.54, 1.807) is 30.9 Å². The minimum Gasteiger partial charge on any atom is -0.508 e. The second kappa shape index (κ2) is 27.7. The molecule has 4 heterocycles. The lowest BCUT2D eigenvalue weighted by Crippen LogP contribution is -2.46. The van der Waals surface area contributed by atoms with Gasteiger partial charge in [-0.1, -0.05) is 42.5 Å². The van der Waals surface area contributed by atoms with Gasteiger partial charge < -0.3 is 43.7 Å². The van der Waals surface area contributed by atoms with Gasteiger partial charge in [-0.2, -0.15) is 5.10 Å². The number of phenols is 1. The summed E-state index contributed by atoms with van der Waals surface area (Å²) in [5.41, 5.74) is 6.86. The molecule has 3 saturated heterocycles. The molecule has 74 heavy (non-hydrogen) atoms. The highest BCUT2D eigenvalue weighted by Crippen LogP contribution is 2.42. The highest BCUT2D eigenvalue weighted by Gasteiger charge is 2.45. The van der Waals surface area contributed by atoms with Crippen LogP contribution in [0.2, 0.25) is 0 Å². The van der Waals surface area contributed by atoms with Crippen LogP contribution in [0, 0.1) is 31.4 Å². The Kier molecular flexibility index (Phi) is 21.3. The van der Waals surface area contributed by atoms with Gasteiger partial charge in [0.05, 0.1) is 44.1 Å². The van der Waals surface area contributed by atoms with Crippen molar-refractivity contribution in [3.63, 3.8) is 0 Å². The third-order valence-corrected chi connectivity index (χ3v) is 13.1. The molecule has 3 aliphatic heterocycles. The van der Waals surface area contributed by atoms with Gasteiger partial charge >= 0.3 is 11.9 Å². The van der Waals surface area contributed by atoms with E-state index in [0.717, 1.165) is 98.1 Å². The standard InChI is InChI=1S/C34H37F2N5O4.C20H24N2O3.C2H6.CH3I/c1-3-43-33(42)26-4-7-28(8-5-26)39-12-14-40(15-13-39)29-9-11-32(24(2)16-29)44-19-25-18-34(45-20-25,21-41-23-37-22-38-41)30-10-6-27(35)17-31(30)36;1-3-25-20(24)16-4-6-17(7-5-16)21-10-12-22(13-11-21)18-8-9-19(23)15(2)14-18;2*1-2/h4-11,16-17,22-23,25H,3,12-15,18-21H2,1-2H3;4-9,14,23H,3,10-13H2,1-2H3;1-2H3;1H3/t25-,34+;;;/m1.../s1. The molecule has 6 aromatic rings. The predicted molar refractivity (Wildman–Crippen MR) is 297 cm³/mol. The van der Waals surface area contributed by atoms with Gasteiger partial charge in [0.25, 0.3) is 0 Å². The summed E-state index contributed by atoms with van der Waals surface area (Å²) in [5, 5.41) is 13.9. The van der Waals surface area contributed by atoms with E-state index in [1.807, 2.05) is 99.4 Å². The van der Waals surface area contributed by atoms with E-state index in [2.05, 4.69) is 64.4 Å². The van der Waals surface area contributed by atoms with Crippen LogP contribution in [0.3, 0.4) is 0 Å². The first-order valence-corrected chi connectivity index (χ1v) is 27.4. The van der Waals surface area contributed by atoms with Crippen molar-refractivity contribution in [1.82, 2.24) is 14.8 Å². The van der Waals surface area contributed by atoms with Crippen molar-refractivity contribution in [1.29, 1.82) is 0 Å². The van der Waals surface area contributed by atoms with E-state index in [-0.39, 0.29) is 24.4 Å². The number of carbonyl (C=O) groups excluding carboxylic acids is 2. The normalized spacial score (nSPS) is 17.2. The first-order valence-electron chi connectivity index (χ1n) is 25.3. The summed E-state index contributed by atoms with van der Waals surface area (Å²) in [6, 6.07) is 30.8. The second-order valence-electron chi connectivity index (χ2n) is 17.8. The Bertz CT molecular complexity index is 2700. The van der Waals surface area contributed by atoms with Gasteiger partial charge in [0, 0.05) is 92.7 Å². The Balaban J connectivity index is 0.000000260. The van der Waals surface area contributed by atoms with Gasteiger partial charge in [0.15, 0.2) is 0 Å². The van der Waals surface area contributed by atoms with Crippen LogP contribution in [0.1, 0.15) is 71.5 Å². The SMILES string of the molecule is CC.CCOC(=O)c1ccc(N2CCN(c3ccc(O)c(C)c3)CC2)cc1.CCOC(=O)c1ccc(N2CCN(c3ccc(OC[C@@H]4CO[C@@](Cn5cncn5)(c5ccc(F)cc5F)C4)c(C)c3)CC2)cc1.CI. The number of benzene rings is 5. The van der Waals surface area contributed by atoms with Gasteiger partial charge in [-0.15, -0.1) is 0 Å². The van der Waals surface area contributed by atoms with Crippen LogP contribution in [-0.2, 0) is 26.4 Å². The Morgan fingerprint density at radius 1 is 0.689 bits per heavy atom. The molecule has 396 valence electrons. The van der Waals surface area contributed by atoms with E-state index in [1.165, 1.54) is 18.5 Å². The fourth-order valence-corrected chi connectivity index (χ4v) is 9.31. The summed E-state index contributed by atoms with van der Waals surface area (Å²) < 4.78 is 52.9. The highest BCUT2D eigenvalue weighted by atomic mass is 127. The molecule has 9 rings (SSSR count). The third-order valence-electron chi connectivity index (χ3n) is 13.1. The molecule has 14 nitrogen and oxygen atoms in total. The number of nitrogens with zero attached hydrogens (tertiary/aromatic N) is 7. The summed E-state index contributed by atoms with van der Waals surface area (Å²) in [6.07, 6.45) is 3.47. The maximum atomic E-state index is 15.0. The molecular weight excluding hydrogens is 1060 g/mol. The molecule has 17 heteroatoms. The lowest BCUT2D eigenvalue weighted by atomic mass is 9.87. The molecule has 0 saturated carbocycles. The molecular formula is C57H70F2IN7O7. The molecule has 0 amide bonds. The van der Waals surface area contributed by atoms with E-state index < -0.39 is 17.2 Å². The summed E-state index contributed by atoms with van der Waals surface area (Å²) >= 11 is 2.15.